The molecule has 1 unspecified atom stereocenters. The standard InChI is InChI=1S/C23H21NO2/c1-17-15-19-11-5-7-13-21(19)24(17)23(25)16-26-22-14-8-6-12-20(22)18-9-3-2-4-10-18/h2-14,17H,15-16H2,1H3. The van der Waals surface area contributed by atoms with E-state index in [1.165, 1.54) is 5.56 Å². The molecule has 3 nitrogen and oxygen atoms in total. The number of hydrogen-bond donors (Lipinski definition) is 0. The molecule has 1 aliphatic rings. The fourth-order valence-electron chi connectivity index (χ4n) is 3.60. The number of ether oxygens (including phenoxy) is 1. The molecule has 1 aliphatic heterocycles. The van der Waals surface area contributed by atoms with E-state index in [2.05, 4.69) is 13.0 Å². The summed E-state index contributed by atoms with van der Waals surface area (Å²) in [6.07, 6.45) is 0.891. The highest BCUT2D eigenvalue weighted by atomic mass is 16.5. The molecule has 0 aromatic heterocycles. The predicted octanol–water partition coefficient (Wildman–Crippen LogP) is 4.71. The molecule has 0 radical (unpaired) electrons. The lowest BCUT2D eigenvalue weighted by Gasteiger charge is -2.23. The normalized spacial score (nSPS) is 15.6. The molecule has 3 heteroatoms. The topological polar surface area (TPSA) is 29.5 Å². The van der Waals surface area contributed by atoms with Crippen molar-refractivity contribution in [2.24, 2.45) is 0 Å². The van der Waals surface area contributed by atoms with Crippen LogP contribution in [0.3, 0.4) is 0 Å². The molecule has 4 rings (SSSR count). The Morgan fingerprint density at radius 1 is 0.962 bits per heavy atom. The van der Waals surface area contributed by atoms with Crippen molar-refractivity contribution in [3.05, 3.63) is 84.4 Å². The van der Waals surface area contributed by atoms with Crippen LogP contribution in [-0.4, -0.2) is 18.6 Å². The first-order valence-corrected chi connectivity index (χ1v) is 8.91. The number of carbonyl (C=O) groups excluding carboxylic acids is 1. The largest absolute Gasteiger partial charge is 0.483 e. The molecule has 0 fully saturated rings. The Morgan fingerprint density at radius 2 is 1.65 bits per heavy atom. The van der Waals surface area contributed by atoms with Gasteiger partial charge in [-0.25, -0.2) is 0 Å². The lowest BCUT2D eigenvalue weighted by Crippen LogP contribution is -2.39. The summed E-state index contributed by atoms with van der Waals surface area (Å²) in [6.45, 7) is 2.11. The number of benzene rings is 3. The van der Waals surface area contributed by atoms with Gasteiger partial charge in [0.05, 0.1) is 0 Å². The van der Waals surface area contributed by atoms with E-state index < -0.39 is 0 Å². The van der Waals surface area contributed by atoms with Gasteiger partial charge in [-0.3, -0.25) is 4.79 Å². The molecular formula is C23H21NO2. The number of rotatable bonds is 4. The van der Waals surface area contributed by atoms with E-state index in [0.29, 0.717) is 0 Å². The lowest BCUT2D eigenvalue weighted by molar-refractivity contribution is -0.120. The number of para-hydroxylation sites is 2. The van der Waals surface area contributed by atoms with Crippen LogP contribution in [0.4, 0.5) is 5.69 Å². The molecule has 0 spiro atoms. The maximum Gasteiger partial charge on any atom is 0.265 e. The van der Waals surface area contributed by atoms with Crippen LogP contribution in [0.1, 0.15) is 12.5 Å². The third kappa shape index (κ3) is 3.08. The van der Waals surface area contributed by atoms with Crippen LogP contribution in [0.15, 0.2) is 78.9 Å². The van der Waals surface area contributed by atoms with E-state index in [1.54, 1.807) is 0 Å². The summed E-state index contributed by atoms with van der Waals surface area (Å²) in [6, 6.07) is 26.2. The zero-order chi connectivity index (χ0) is 17.9. The van der Waals surface area contributed by atoms with Crippen LogP contribution in [0.5, 0.6) is 5.75 Å². The predicted molar refractivity (Wildman–Crippen MR) is 104 cm³/mol. The van der Waals surface area contributed by atoms with Gasteiger partial charge in [-0.15, -0.1) is 0 Å². The average Bonchev–Trinajstić information content (AvgIpc) is 3.03. The number of amides is 1. The van der Waals surface area contributed by atoms with Crippen molar-refractivity contribution in [2.45, 2.75) is 19.4 Å². The van der Waals surface area contributed by atoms with Crippen molar-refractivity contribution in [2.75, 3.05) is 11.5 Å². The number of fused-ring (bicyclic) bond motifs is 1. The molecule has 0 saturated carbocycles. The van der Waals surface area contributed by atoms with E-state index in [1.807, 2.05) is 77.7 Å². The highest BCUT2D eigenvalue weighted by Crippen LogP contribution is 2.33. The first kappa shape index (κ1) is 16.4. The maximum atomic E-state index is 12.8. The van der Waals surface area contributed by atoms with Gasteiger partial charge in [0.1, 0.15) is 5.75 Å². The summed E-state index contributed by atoms with van der Waals surface area (Å²) in [5, 5.41) is 0. The molecular weight excluding hydrogens is 322 g/mol. The quantitative estimate of drug-likeness (QED) is 0.686. The zero-order valence-corrected chi connectivity index (χ0v) is 14.8. The van der Waals surface area contributed by atoms with E-state index >= 15 is 0 Å². The number of hydrogen-bond acceptors (Lipinski definition) is 2. The third-order valence-electron chi connectivity index (χ3n) is 4.80. The molecule has 1 amide bonds. The molecule has 0 bridgehead atoms. The minimum Gasteiger partial charge on any atom is -0.483 e. The first-order valence-electron chi connectivity index (χ1n) is 8.91. The highest BCUT2D eigenvalue weighted by Gasteiger charge is 2.30. The van der Waals surface area contributed by atoms with Crippen molar-refractivity contribution in [3.8, 4) is 16.9 Å². The molecule has 3 aromatic carbocycles. The monoisotopic (exact) mass is 343 g/mol. The Labute approximate surface area is 153 Å². The molecule has 0 N–H and O–H groups in total. The minimum absolute atomic E-state index is 0.00897. The van der Waals surface area contributed by atoms with Gasteiger partial charge in [0.25, 0.3) is 5.91 Å². The van der Waals surface area contributed by atoms with E-state index in [4.69, 9.17) is 4.74 Å². The SMILES string of the molecule is CC1Cc2ccccc2N1C(=O)COc1ccccc1-c1ccccc1. The second kappa shape index (κ2) is 7.04. The Morgan fingerprint density at radius 3 is 2.50 bits per heavy atom. The van der Waals surface area contributed by atoms with Crippen LogP contribution >= 0.6 is 0 Å². The van der Waals surface area contributed by atoms with Gasteiger partial charge in [-0.2, -0.15) is 0 Å². The fraction of sp³-hybridized carbons (Fsp3) is 0.174. The second-order valence-corrected chi connectivity index (χ2v) is 6.60. The van der Waals surface area contributed by atoms with Crippen LogP contribution in [0.2, 0.25) is 0 Å². The van der Waals surface area contributed by atoms with Crippen molar-refractivity contribution in [1.82, 2.24) is 0 Å². The molecule has 26 heavy (non-hydrogen) atoms. The Hall–Kier alpha value is -3.07. The van der Waals surface area contributed by atoms with Crippen LogP contribution in [0.25, 0.3) is 11.1 Å². The first-order chi connectivity index (χ1) is 12.7. The molecule has 0 aliphatic carbocycles. The maximum absolute atomic E-state index is 12.8. The van der Waals surface area contributed by atoms with Gasteiger partial charge in [0.2, 0.25) is 0 Å². The van der Waals surface area contributed by atoms with Gasteiger partial charge < -0.3 is 9.64 Å². The minimum atomic E-state index is -0.00897. The Kier molecular flexibility index (Phi) is 4.44. The molecule has 1 atom stereocenters. The smallest absolute Gasteiger partial charge is 0.265 e. The number of nitrogens with zero attached hydrogens (tertiary/aromatic N) is 1. The summed E-state index contributed by atoms with van der Waals surface area (Å²) in [4.78, 5) is 14.7. The van der Waals surface area contributed by atoms with Crippen LogP contribution in [-0.2, 0) is 11.2 Å². The highest BCUT2D eigenvalue weighted by molar-refractivity contribution is 5.97. The number of anilines is 1. The van der Waals surface area contributed by atoms with Crippen LogP contribution < -0.4 is 9.64 Å². The van der Waals surface area contributed by atoms with Crippen molar-refractivity contribution in [1.29, 1.82) is 0 Å². The van der Waals surface area contributed by atoms with Gasteiger partial charge in [0, 0.05) is 17.3 Å². The van der Waals surface area contributed by atoms with Crippen molar-refractivity contribution in [3.63, 3.8) is 0 Å². The number of carbonyl (C=O) groups is 1. The summed E-state index contributed by atoms with van der Waals surface area (Å²) in [7, 11) is 0. The van der Waals surface area contributed by atoms with Gasteiger partial charge in [0.15, 0.2) is 6.61 Å². The van der Waals surface area contributed by atoms with Crippen molar-refractivity contribution < 1.29 is 9.53 Å². The summed E-state index contributed by atoms with van der Waals surface area (Å²) < 4.78 is 5.94. The zero-order valence-electron chi connectivity index (χ0n) is 14.8. The molecule has 3 aromatic rings. The molecule has 130 valence electrons. The molecule has 1 heterocycles. The Balaban J connectivity index is 1.53. The summed E-state index contributed by atoms with van der Waals surface area (Å²) >= 11 is 0. The third-order valence-corrected chi connectivity index (χ3v) is 4.80. The van der Waals surface area contributed by atoms with Gasteiger partial charge >= 0.3 is 0 Å². The average molecular weight is 343 g/mol. The summed E-state index contributed by atoms with van der Waals surface area (Å²) in [5.74, 6) is 0.720. The Bertz CT molecular complexity index is 920. The second-order valence-electron chi connectivity index (χ2n) is 6.60. The van der Waals surface area contributed by atoms with Gasteiger partial charge in [-0.05, 0) is 36.6 Å². The summed E-state index contributed by atoms with van der Waals surface area (Å²) in [5.41, 5.74) is 4.30. The van der Waals surface area contributed by atoms with E-state index in [9.17, 15) is 4.79 Å². The fourth-order valence-corrected chi connectivity index (χ4v) is 3.60. The lowest BCUT2D eigenvalue weighted by atomic mass is 10.1. The van der Waals surface area contributed by atoms with Crippen molar-refractivity contribution >= 4 is 11.6 Å². The van der Waals surface area contributed by atoms with Gasteiger partial charge in [-0.1, -0.05) is 66.7 Å². The van der Waals surface area contributed by atoms with E-state index in [0.717, 1.165) is 29.0 Å². The molecule has 0 saturated heterocycles. The van der Waals surface area contributed by atoms with Crippen LogP contribution in [0, 0.1) is 0 Å². The van der Waals surface area contributed by atoms with E-state index in [-0.39, 0.29) is 18.6 Å².